The fourth-order valence-electron chi connectivity index (χ4n) is 2.69. The van der Waals surface area contributed by atoms with Gasteiger partial charge in [0.25, 0.3) is 5.91 Å². The molecule has 0 aromatic heterocycles. The topological polar surface area (TPSA) is 46.3 Å². The molecule has 1 aromatic carbocycles. The molecule has 1 amide bonds. The SMILES string of the molecule is CC(C)C1CCCN1C(=O)c1ccc(CN)cc1. The van der Waals surface area contributed by atoms with E-state index in [0.29, 0.717) is 18.5 Å². The van der Waals surface area contributed by atoms with Gasteiger partial charge in [0, 0.05) is 24.7 Å². The van der Waals surface area contributed by atoms with Crippen LogP contribution in [0.15, 0.2) is 24.3 Å². The van der Waals surface area contributed by atoms with Crippen molar-refractivity contribution in [2.45, 2.75) is 39.3 Å². The Morgan fingerprint density at radius 1 is 1.39 bits per heavy atom. The minimum Gasteiger partial charge on any atom is -0.335 e. The van der Waals surface area contributed by atoms with Crippen molar-refractivity contribution in [3.05, 3.63) is 35.4 Å². The maximum atomic E-state index is 12.5. The van der Waals surface area contributed by atoms with Crippen LogP contribution in [-0.4, -0.2) is 23.4 Å². The first-order valence-electron chi connectivity index (χ1n) is 6.73. The second kappa shape index (κ2) is 5.53. The van der Waals surface area contributed by atoms with E-state index in [1.165, 1.54) is 0 Å². The fraction of sp³-hybridized carbons (Fsp3) is 0.533. The highest BCUT2D eigenvalue weighted by Gasteiger charge is 2.31. The van der Waals surface area contributed by atoms with E-state index in [1.807, 2.05) is 29.2 Å². The number of carbonyl (C=O) groups is 1. The van der Waals surface area contributed by atoms with E-state index in [4.69, 9.17) is 5.73 Å². The summed E-state index contributed by atoms with van der Waals surface area (Å²) in [5.41, 5.74) is 7.41. The highest BCUT2D eigenvalue weighted by atomic mass is 16.2. The molecule has 1 aromatic rings. The van der Waals surface area contributed by atoms with E-state index < -0.39 is 0 Å². The summed E-state index contributed by atoms with van der Waals surface area (Å²) in [5, 5.41) is 0. The smallest absolute Gasteiger partial charge is 0.254 e. The number of hydrogen-bond donors (Lipinski definition) is 1. The summed E-state index contributed by atoms with van der Waals surface area (Å²) in [5.74, 6) is 0.689. The molecule has 3 heteroatoms. The van der Waals surface area contributed by atoms with Crippen LogP contribution >= 0.6 is 0 Å². The molecule has 1 heterocycles. The van der Waals surface area contributed by atoms with Crippen LogP contribution in [0.3, 0.4) is 0 Å². The first kappa shape index (κ1) is 13.1. The molecule has 0 bridgehead atoms. The van der Waals surface area contributed by atoms with Crippen LogP contribution < -0.4 is 5.73 Å². The molecule has 0 spiro atoms. The van der Waals surface area contributed by atoms with Crippen molar-refractivity contribution in [2.75, 3.05) is 6.54 Å². The van der Waals surface area contributed by atoms with E-state index in [0.717, 1.165) is 30.5 Å². The summed E-state index contributed by atoms with van der Waals surface area (Å²) in [4.78, 5) is 14.5. The third-order valence-electron chi connectivity index (χ3n) is 3.77. The molecule has 0 radical (unpaired) electrons. The zero-order chi connectivity index (χ0) is 13.1. The Balaban J connectivity index is 2.14. The average molecular weight is 246 g/mol. The van der Waals surface area contributed by atoms with Crippen molar-refractivity contribution < 1.29 is 4.79 Å². The molecule has 1 aliphatic heterocycles. The van der Waals surface area contributed by atoms with Crippen LogP contribution in [0, 0.1) is 5.92 Å². The minimum absolute atomic E-state index is 0.162. The highest BCUT2D eigenvalue weighted by molar-refractivity contribution is 5.94. The zero-order valence-electron chi connectivity index (χ0n) is 11.2. The predicted octanol–water partition coefficient (Wildman–Crippen LogP) is 2.41. The number of benzene rings is 1. The van der Waals surface area contributed by atoms with Gasteiger partial charge in [0.2, 0.25) is 0 Å². The van der Waals surface area contributed by atoms with Gasteiger partial charge in [-0.05, 0) is 36.5 Å². The number of nitrogens with two attached hydrogens (primary N) is 1. The maximum absolute atomic E-state index is 12.5. The second-order valence-corrected chi connectivity index (χ2v) is 5.35. The van der Waals surface area contributed by atoms with E-state index >= 15 is 0 Å². The van der Waals surface area contributed by atoms with Crippen LogP contribution in [0.4, 0.5) is 0 Å². The molecule has 0 aliphatic carbocycles. The van der Waals surface area contributed by atoms with Crippen molar-refractivity contribution in [3.63, 3.8) is 0 Å². The number of amides is 1. The number of likely N-dealkylation sites (tertiary alicyclic amines) is 1. The monoisotopic (exact) mass is 246 g/mol. The van der Waals surface area contributed by atoms with E-state index in [-0.39, 0.29) is 5.91 Å². The third-order valence-corrected chi connectivity index (χ3v) is 3.77. The van der Waals surface area contributed by atoms with Gasteiger partial charge in [-0.1, -0.05) is 26.0 Å². The van der Waals surface area contributed by atoms with E-state index in [2.05, 4.69) is 13.8 Å². The molecule has 1 fully saturated rings. The van der Waals surface area contributed by atoms with Gasteiger partial charge in [-0.3, -0.25) is 4.79 Å². The molecule has 3 nitrogen and oxygen atoms in total. The summed E-state index contributed by atoms with van der Waals surface area (Å²) in [6.45, 7) is 5.79. The Hall–Kier alpha value is -1.35. The Kier molecular flexibility index (Phi) is 4.02. The van der Waals surface area contributed by atoms with Crippen LogP contribution in [0.25, 0.3) is 0 Å². The van der Waals surface area contributed by atoms with Gasteiger partial charge in [0.05, 0.1) is 0 Å². The molecule has 98 valence electrons. The summed E-state index contributed by atoms with van der Waals surface area (Å²) in [6, 6.07) is 8.05. The largest absolute Gasteiger partial charge is 0.335 e. The second-order valence-electron chi connectivity index (χ2n) is 5.35. The van der Waals surface area contributed by atoms with Crippen molar-refractivity contribution in [1.82, 2.24) is 4.90 Å². The number of rotatable bonds is 3. The van der Waals surface area contributed by atoms with E-state index in [9.17, 15) is 4.79 Å². The molecule has 2 N–H and O–H groups in total. The highest BCUT2D eigenvalue weighted by Crippen LogP contribution is 2.25. The van der Waals surface area contributed by atoms with Crippen molar-refractivity contribution in [1.29, 1.82) is 0 Å². The zero-order valence-corrected chi connectivity index (χ0v) is 11.2. The van der Waals surface area contributed by atoms with Crippen molar-refractivity contribution in [3.8, 4) is 0 Å². The van der Waals surface area contributed by atoms with Crippen molar-refractivity contribution in [2.24, 2.45) is 11.7 Å². The standard InChI is InChI=1S/C15H22N2O/c1-11(2)14-4-3-9-17(14)15(18)13-7-5-12(10-16)6-8-13/h5-8,11,14H,3-4,9-10,16H2,1-2H3. The average Bonchev–Trinajstić information content (AvgIpc) is 2.87. The van der Waals surface area contributed by atoms with Crippen LogP contribution in [-0.2, 0) is 6.54 Å². The molecule has 1 atom stereocenters. The molecule has 1 unspecified atom stereocenters. The Labute approximate surface area is 109 Å². The number of carbonyl (C=O) groups excluding carboxylic acids is 1. The Morgan fingerprint density at radius 3 is 2.61 bits per heavy atom. The molecule has 1 saturated heterocycles. The molecule has 2 rings (SSSR count). The van der Waals surface area contributed by atoms with Gasteiger partial charge in [-0.15, -0.1) is 0 Å². The Bertz CT molecular complexity index is 411. The first-order chi connectivity index (χ1) is 8.63. The van der Waals surface area contributed by atoms with Crippen LogP contribution in [0.5, 0.6) is 0 Å². The third kappa shape index (κ3) is 2.56. The predicted molar refractivity (Wildman–Crippen MR) is 73.2 cm³/mol. The summed E-state index contributed by atoms with van der Waals surface area (Å²) in [6.07, 6.45) is 2.25. The number of hydrogen-bond acceptors (Lipinski definition) is 2. The summed E-state index contributed by atoms with van der Waals surface area (Å²) >= 11 is 0. The quantitative estimate of drug-likeness (QED) is 0.890. The van der Waals surface area contributed by atoms with Gasteiger partial charge < -0.3 is 10.6 Å². The fourth-order valence-corrected chi connectivity index (χ4v) is 2.69. The van der Waals surface area contributed by atoms with Crippen molar-refractivity contribution >= 4 is 5.91 Å². The van der Waals surface area contributed by atoms with Gasteiger partial charge in [0.15, 0.2) is 0 Å². The Morgan fingerprint density at radius 2 is 2.06 bits per heavy atom. The summed E-state index contributed by atoms with van der Waals surface area (Å²) in [7, 11) is 0. The summed E-state index contributed by atoms with van der Waals surface area (Å²) < 4.78 is 0. The molecular formula is C15H22N2O. The lowest BCUT2D eigenvalue weighted by Gasteiger charge is -2.27. The molecule has 18 heavy (non-hydrogen) atoms. The lowest BCUT2D eigenvalue weighted by Crippen LogP contribution is -2.38. The van der Waals surface area contributed by atoms with Crippen LogP contribution in [0.1, 0.15) is 42.6 Å². The first-order valence-corrected chi connectivity index (χ1v) is 6.73. The molecule has 1 aliphatic rings. The minimum atomic E-state index is 0.162. The molecular weight excluding hydrogens is 224 g/mol. The lowest BCUT2D eigenvalue weighted by molar-refractivity contribution is 0.0701. The lowest BCUT2D eigenvalue weighted by atomic mass is 10.0. The van der Waals surface area contributed by atoms with Gasteiger partial charge in [-0.25, -0.2) is 0 Å². The number of nitrogens with zero attached hydrogens (tertiary/aromatic N) is 1. The molecule has 0 saturated carbocycles. The van der Waals surface area contributed by atoms with Gasteiger partial charge in [0.1, 0.15) is 0 Å². The maximum Gasteiger partial charge on any atom is 0.254 e. The van der Waals surface area contributed by atoms with Crippen LogP contribution in [0.2, 0.25) is 0 Å². The van der Waals surface area contributed by atoms with Gasteiger partial charge in [-0.2, -0.15) is 0 Å². The normalized spacial score (nSPS) is 19.6. The van der Waals surface area contributed by atoms with E-state index in [1.54, 1.807) is 0 Å². The van der Waals surface area contributed by atoms with Gasteiger partial charge >= 0.3 is 0 Å².